The highest BCUT2D eigenvalue weighted by Gasteiger charge is 2.17. The summed E-state index contributed by atoms with van der Waals surface area (Å²) in [5, 5.41) is 17.3. The zero-order valence-electron chi connectivity index (χ0n) is 11.1. The second kappa shape index (κ2) is 5.48. The van der Waals surface area contributed by atoms with Gasteiger partial charge < -0.3 is 19.3 Å². The van der Waals surface area contributed by atoms with Crippen molar-refractivity contribution in [2.45, 2.75) is 13.2 Å². The van der Waals surface area contributed by atoms with Crippen molar-refractivity contribution < 1.29 is 19.3 Å². The van der Waals surface area contributed by atoms with Crippen molar-refractivity contribution in [2.24, 2.45) is 0 Å². The number of hydrogen-bond donors (Lipinski definition) is 1. The number of fused-ring (bicyclic) bond motifs is 1. The SMILES string of the molecule is COCc1c(CO)nnn1-c1ccc2c(c1)OCCO2. The van der Waals surface area contributed by atoms with E-state index in [1.807, 2.05) is 18.2 Å². The number of nitrogens with zero attached hydrogens (tertiary/aromatic N) is 3. The van der Waals surface area contributed by atoms with Gasteiger partial charge in [-0.2, -0.15) is 0 Å². The van der Waals surface area contributed by atoms with Crippen LogP contribution in [0.2, 0.25) is 0 Å². The first kappa shape index (κ1) is 12.9. The molecule has 3 rings (SSSR count). The van der Waals surface area contributed by atoms with Gasteiger partial charge in [0.05, 0.1) is 24.6 Å². The number of methoxy groups -OCH3 is 1. The predicted molar refractivity (Wildman–Crippen MR) is 69.0 cm³/mol. The molecule has 0 radical (unpaired) electrons. The van der Waals surface area contributed by atoms with E-state index in [1.165, 1.54) is 0 Å². The Morgan fingerprint density at radius 1 is 1.30 bits per heavy atom. The molecule has 0 saturated carbocycles. The maximum atomic E-state index is 9.28. The van der Waals surface area contributed by atoms with Gasteiger partial charge in [-0.1, -0.05) is 5.21 Å². The first-order valence-electron chi connectivity index (χ1n) is 6.26. The largest absolute Gasteiger partial charge is 0.486 e. The Morgan fingerprint density at radius 3 is 2.85 bits per heavy atom. The first-order chi connectivity index (χ1) is 9.83. The van der Waals surface area contributed by atoms with Crippen LogP contribution in [0.1, 0.15) is 11.4 Å². The van der Waals surface area contributed by atoms with Crippen LogP contribution < -0.4 is 9.47 Å². The number of aliphatic hydroxyl groups is 1. The van der Waals surface area contributed by atoms with Crippen molar-refractivity contribution in [1.82, 2.24) is 15.0 Å². The summed E-state index contributed by atoms with van der Waals surface area (Å²) in [7, 11) is 1.59. The first-order valence-corrected chi connectivity index (χ1v) is 6.26. The van der Waals surface area contributed by atoms with Gasteiger partial charge in [-0.05, 0) is 12.1 Å². The van der Waals surface area contributed by atoms with E-state index < -0.39 is 0 Å². The highest BCUT2D eigenvalue weighted by Crippen LogP contribution is 2.32. The lowest BCUT2D eigenvalue weighted by Crippen LogP contribution is -2.15. The molecule has 7 heteroatoms. The predicted octanol–water partition coefficient (Wildman–Crippen LogP) is 0.677. The van der Waals surface area contributed by atoms with Gasteiger partial charge in [0.1, 0.15) is 18.9 Å². The van der Waals surface area contributed by atoms with E-state index in [1.54, 1.807) is 11.8 Å². The quantitative estimate of drug-likeness (QED) is 0.885. The van der Waals surface area contributed by atoms with Crippen molar-refractivity contribution in [2.75, 3.05) is 20.3 Å². The van der Waals surface area contributed by atoms with Crippen LogP contribution in [-0.2, 0) is 18.0 Å². The smallest absolute Gasteiger partial charge is 0.163 e. The molecular formula is C13H15N3O4. The topological polar surface area (TPSA) is 78.6 Å². The van der Waals surface area contributed by atoms with E-state index >= 15 is 0 Å². The second-order valence-electron chi connectivity index (χ2n) is 4.31. The minimum atomic E-state index is -0.177. The van der Waals surface area contributed by atoms with Crippen molar-refractivity contribution >= 4 is 0 Å². The van der Waals surface area contributed by atoms with Crippen LogP contribution in [0.15, 0.2) is 18.2 Å². The number of aromatic nitrogens is 3. The minimum Gasteiger partial charge on any atom is -0.486 e. The van der Waals surface area contributed by atoms with Gasteiger partial charge in [0, 0.05) is 13.2 Å². The van der Waals surface area contributed by atoms with Crippen LogP contribution in [0.4, 0.5) is 0 Å². The van der Waals surface area contributed by atoms with Crippen LogP contribution in [0, 0.1) is 0 Å². The van der Waals surface area contributed by atoms with Crippen LogP contribution in [0.5, 0.6) is 11.5 Å². The molecular weight excluding hydrogens is 262 g/mol. The average Bonchev–Trinajstić information content (AvgIpc) is 2.90. The van der Waals surface area contributed by atoms with E-state index in [0.717, 1.165) is 11.4 Å². The Balaban J connectivity index is 2.02. The molecule has 0 amide bonds. The molecule has 20 heavy (non-hydrogen) atoms. The highest BCUT2D eigenvalue weighted by molar-refractivity contribution is 5.49. The third-order valence-corrected chi connectivity index (χ3v) is 3.04. The van der Waals surface area contributed by atoms with Crippen molar-refractivity contribution in [3.8, 4) is 17.2 Å². The molecule has 0 atom stereocenters. The van der Waals surface area contributed by atoms with Crippen molar-refractivity contribution in [1.29, 1.82) is 0 Å². The lowest BCUT2D eigenvalue weighted by Gasteiger charge is -2.19. The summed E-state index contributed by atoms with van der Waals surface area (Å²) >= 11 is 0. The monoisotopic (exact) mass is 277 g/mol. The van der Waals surface area contributed by atoms with Gasteiger partial charge in [-0.25, -0.2) is 4.68 Å². The van der Waals surface area contributed by atoms with Crippen LogP contribution in [-0.4, -0.2) is 40.4 Å². The molecule has 106 valence electrons. The molecule has 2 aromatic rings. The zero-order valence-corrected chi connectivity index (χ0v) is 11.1. The summed E-state index contributed by atoms with van der Waals surface area (Å²) in [6.07, 6.45) is 0. The Hall–Kier alpha value is -2.12. The maximum Gasteiger partial charge on any atom is 0.163 e. The molecule has 1 aromatic carbocycles. The third-order valence-electron chi connectivity index (χ3n) is 3.04. The second-order valence-corrected chi connectivity index (χ2v) is 4.31. The number of rotatable bonds is 4. The Morgan fingerprint density at radius 2 is 2.10 bits per heavy atom. The van der Waals surface area contributed by atoms with E-state index in [2.05, 4.69) is 10.3 Å². The molecule has 0 saturated heterocycles. The van der Waals surface area contributed by atoms with E-state index in [-0.39, 0.29) is 6.61 Å². The number of ether oxygens (including phenoxy) is 3. The van der Waals surface area contributed by atoms with Crippen molar-refractivity contribution in [3.63, 3.8) is 0 Å². The molecule has 1 aliphatic heterocycles. The van der Waals surface area contributed by atoms with E-state index in [4.69, 9.17) is 14.2 Å². The Bertz CT molecular complexity index is 612. The molecule has 1 aliphatic rings. The summed E-state index contributed by atoms with van der Waals surface area (Å²) in [4.78, 5) is 0. The molecule has 0 fully saturated rings. The summed E-state index contributed by atoms with van der Waals surface area (Å²) in [5.74, 6) is 1.40. The summed E-state index contributed by atoms with van der Waals surface area (Å²) < 4.78 is 17.8. The van der Waals surface area contributed by atoms with Crippen LogP contribution in [0.25, 0.3) is 5.69 Å². The van der Waals surface area contributed by atoms with Gasteiger partial charge in [-0.15, -0.1) is 5.10 Å². The maximum absolute atomic E-state index is 9.28. The number of benzene rings is 1. The molecule has 2 heterocycles. The van der Waals surface area contributed by atoms with Gasteiger partial charge in [-0.3, -0.25) is 0 Å². The fourth-order valence-corrected chi connectivity index (χ4v) is 2.11. The standard InChI is InChI=1S/C13H15N3O4/c1-18-8-11-10(7-17)14-15-16(11)9-2-3-12-13(6-9)20-5-4-19-12/h2-3,6,17H,4-5,7-8H2,1H3. The highest BCUT2D eigenvalue weighted by atomic mass is 16.6. The third kappa shape index (κ3) is 2.21. The molecule has 0 spiro atoms. The normalized spacial score (nSPS) is 13.5. The number of aliphatic hydroxyl groups excluding tert-OH is 1. The molecule has 1 N–H and O–H groups in total. The molecule has 1 aromatic heterocycles. The number of hydrogen-bond acceptors (Lipinski definition) is 6. The molecule has 0 bridgehead atoms. The fourth-order valence-electron chi connectivity index (χ4n) is 2.11. The summed E-state index contributed by atoms with van der Waals surface area (Å²) in [5.41, 5.74) is 2.00. The average molecular weight is 277 g/mol. The van der Waals surface area contributed by atoms with Crippen LogP contribution in [0.3, 0.4) is 0 Å². The van der Waals surface area contributed by atoms with Crippen LogP contribution >= 0.6 is 0 Å². The summed E-state index contributed by atoms with van der Waals surface area (Å²) in [6.45, 7) is 1.22. The van der Waals surface area contributed by atoms with Gasteiger partial charge >= 0.3 is 0 Å². The Kier molecular flexibility index (Phi) is 3.53. The lowest BCUT2D eigenvalue weighted by molar-refractivity contribution is 0.171. The fraction of sp³-hybridized carbons (Fsp3) is 0.385. The minimum absolute atomic E-state index is 0.177. The van der Waals surface area contributed by atoms with Gasteiger partial charge in [0.15, 0.2) is 11.5 Å². The zero-order chi connectivity index (χ0) is 13.9. The van der Waals surface area contributed by atoms with E-state index in [0.29, 0.717) is 37.0 Å². The van der Waals surface area contributed by atoms with Gasteiger partial charge in [0.2, 0.25) is 0 Å². The molecule has 0 aliphatic carbocycles. The lowest BCUT2D eigenvalue weighted by atomic mass is 10.2. The molecule has 7 nitrogen and oxygen atoms in total. The molecule has 0 unspecified atom stereocenters. The van der Waals surface area contributed by atoms with E-state index in [9.17, 15) is 5.11 Å². The van der Waals surface area contributed by atoms with Crippen molar-refractivity contribution in [3.05, 3.63) is 29.6 Å². The summed E-state index contributed by atoms with van der Waals surface area (Å²) in [6, 6.07) is 5.53. The van der Waals surface area contributed by atoms with Gasteiger partial charge in [0.25, 0.3) is 0 Å². The Labute approximate surface area is 115 Å².